The summed E-state index contributed by atoms with van der Waals surface area (Å²) in [4.78, 5) is 0. The molecule has 10 heteroatoms. The average molecular weight is 332 g/mol. The lowest BCUT2D eigenvalue weighted by Crippen LogP contribution is -2.87. The topological polar surface area (TPSA) is 20.2 Å². The Kier molecular flexibility index (Phi) is 3.67. The zero-order valence-corrected chi connectivity index (χ0v) is 11.1. The number of hydrogen-bond donors (Lipinski definition) is 1. The Morgan fingerprint density at radius 2 is 1.19 bits per heavy atom. The summed E-state index contributed by atoms with van der Waals surface area (Å²) >= 11 is 0. The Morgan fingerprint density at radius 3 is 1.48 bits per heavy atom. The van der Waals surface area contributed by atoms with Gasteiger partial charge in [0.05, 0.1) is 6.10 Å². The number of halogens is 9. The second-order valence-corrected chi connectivity index (χ2v) is 5.27. The molecule has 1 aliphatic carbocycles. The lowest BCUT2D eigenvalue weighted by atomic mass is 9.60. The molecule has 0 saturated heterocycles. The molecule has 0 bridgehead atoms. The van der Waals surface area contributed by atoms with Gasteiger partial charge in [0, 0.05) is 0 Å². The molecule has 126 valence electrons. The summed E-state index contributed by atoms with van der Waals surface area (Å²) in [7, 11) is 0. The Hall–Kier alpha value is -0.670. The van der Waals surface area contributed by atoms with Gasteiger partial charge in [-0.05, 0) is 20.3 Å². The van der Waals surface area contributed by atoms with E-state index in [2.05, 4.69) is 0 Å². The minimum Gasteiger partial charge on any atom is -0.390 e. The third-order valence-electron chi connectivity index (χ3n) is 4.20. The van der Waals surface area contributed by atoms with Gasteiger partial charge >= 0.3 is 17.8 Å². The molecule has 0 heterocycles. The summed E-state index contributed by atoms with van der Waals surface area (Å²) in [5.41, 5.74) is -15.7. The monoisotopic (exact) mass is 332 g/mol. The van der Waals surface area contributed by atoms with Gasteiger partial charge in [-0.25, -0.2) is 13.2 Å². The predicted octanol–water partition coefficient (Wildman–Crippen LogP) is 3.84. The van der Waals surface area contributed by atoms with Crippen LogP contribution in [0.25, 0.3) is 0 Å². The van der Waals surface area contributed by atoms with Crippen LogP contribution in [0.2, 0.25) is 0 Å². The van der Waals surface area contributed by atoms with Crippen LogP contribution in [0.3, 0.4) is 0 Å². The van der Waals surface area contributed by atoms with Gasteiger partial charge < -0.3 is 5.11 Å². The molecular weight excluding hydrogens is 319 g/mol. The van der Waals surface area contributed by atoms with Crippen LogP contribution in [0.4, 0.5) is 39.5 Å². The zero-order valence-electron chi connectivity index (χ0n) is 11.1. The second-order valence-electron chi connectivity index (χ2n) is 5.27. The number of rotatable bonds is 2. The van der Waals surface area contributed by atoms with Crippen LogP contribution in [0.1, 0.15) is 27.2 Å². The van der Waals surface area contributed by atoms with E-state index in [-0.39, 0.29) is 6.92 Å². The molecule has 1 N–H and O–H groups in total. The predicted molar refractivity (Wildman–Crippen MR) is 54.0 cm³/mol. The maximum absolute atomic E-state index is 14.1. The fraction of sp³-hybridized carbons (Fsp3) is 1.00. The fourth-order valence-corrected chi connectivity index (χ4v) is 2.64. The number of aliphatic hydroxyl groups is 1. The lowest BCUT2D eigenvalue weighted by molar-refractivity contribution is -0.444. The SMILES string of the molecule is CCC1(F)C(C)(F)C(F)(F)C(F)(C(C)O)C(F)(F)C1(F)F. The van der Waals surface area contributed by atoms with E-state index >= 15 is 0 Å². The smallest absolute Gasteiger partial charge is 0.355 e. The van der Waals surface area contributed by atoms with Crippen molar-refractivity contribution in [3.05, 3.63) is 0 Å². The largest absolute Gasteiger partial charge is 0.390 e. The molecule has 0 aromatic rings. The molecule has 0 aromatic heterocycles. The first-order valence-corrected chi connectivity index (χ1v) is 5.89. The van der Waals surface area contributed by atoms with Crippen LogP contribution in [-0.2, 0) is 0 Å². The summed E-state index contributed by atoms with van der Waals surface area (Å²) in [6, 6.07) is 0. The molecule has 4 atom stereocenters. The molecule has 0 amide bonds. The highest BCUT2D eigenvalue weighted by molar-refractivity contribution is 5.31. The Labute approximate surface area is 114 Å². The molecule has 1 fully saturated rings. The van der Waals surface area contributed by atoms with Crippen molar-refractivity contribution in [3.63, 3.8) is 0 Å². The van der Waals surface area contributed by atoms with Gasteiger partial charge in [-0.3, -0.25) is 0 Å². The summed E-state index contributed by atoms with van der Waals surface area (Å²) < 4.78 is 125. The standard InChI is InChI=1S/C11H13F9O/c1-4-7(13)6(3,12)9(15,16)8(14,5(2)21)11(19,20)10(7,17)18/h5,21H,4H2,1-3H3. The molecule has 1 nitrogen and oxygen atoms in total. The van der Waals surface area contributed by atoms with Crippen LogP contribution < -0.4 is 0 Å². The molecular formula is C11H13F9O. The van der Waals surface area contributed by atoms with E-state index in [1.807, 2.05) is 0 Å². The van der Waals surface area contributed by atoms with Gasteiger partial charge in [-0.1, -0.05) is 6.92 Å². The van der Waals surface area contributed by atoms with E-state index in [4.69, 9.17) is 5.11 Å². The van der Waals surface area contributed by atoms with Gasteiger partial charge in [0.25, 0.3) is 5.67 Å². The molecule has 0 spiro atoms. The molecule has 0 aromatic carbocycles. The van der Waals surface area contributed by atoms with Crippen molar-refractivity contribution < 1.29 is 44.6 Å². The molecule has 21 heavy (non-hydrogen) atoms. The third kappa shape index (κ3) is 1.49. The minimum atomic E-state index is -6.34. The van der Waals surface area contributed by atoms with Crippen molar-refractivity contribution in [1.82, 2.24) is 0 Å². The number of aliphatic hydroxyl groups excluding tert-OH is 1. The van der Waals surface area contributed by atoms with E-state index in [1.165, 1.54) is 0 Å². The quantitative estimate of drug-likeness (QED) is 0.762. The summed E-state index contributed by atoms with van der Waals surface area (Å²) in [5, 5.41) is 8.86. The lowest BCUT2D eigenvalue weighted by Gasteiger charge is -2.58. The second kappa shape index (κ2) is 4.20. The number of hydrogen-bond acceptors (Lipinski definition) is 1. The third-order valence-corrected chi connectivity index (χ3v) is 4.20. The van der Waals surface area contributed by atoms with Crippen molar-refractivity contribution in [2.45, 2.75) is 68.1 Å². The highest BCUT2D eigenvalue weighted by atomic mass is 19.3. The Balaban J connectivity index is 3.87. The normalized spacial score (nSPS) is 46.1. The van der Waals surface area contributed by atoms with E-state index < -0.39 is 54.2 Å². The highest BCUT2D eigenvalue weighted by Gasteiger charge is 2.97. The van der Waals surface area contributed by atoms with Crippen LogP contribution in [0.15, 0.2) is 0 Å². The molecule has 0 radical (unpaired) electrons. The van der Waals surface area contributed by atoms with Crippen molar-refractivity contribution >= 4 is 0 Å². The summed E-state index contributed by atoms with van der Waals surface area (Å²) in [6.07, 6.45) is -5.14. The van der Waals surface area contributed by atoms with E-state index in [1.54, 1.807) is 0 Å². The van der Waals surface area contributed by atoms with Crippen LogP contribution >= 0.6 is 0 Å². The van der Waals surface area contributed by atoms with E-state index in [9.17, 15) is 39.5 Å². The minimum absolute atomic E-state index is 0.0329. The van der Waals surface area contributed by atoms with Gasteiger partial charge in [0.1, 0.15) is 0 Å². The molecule has 4 unspecified atom stereocenters. The first-order chi connectivity index (χ1) is 9.00. The first kappa shape index (κ1) is 18.4. The maximum atomic E-state index is 14.1. The maximum Gasteiger partial charge on any atom is 0.355 e. The van der Waals surface area contributed by atoms with Crippen molar-refractivity contribution in [2.24, 2.45) is 0 Å². The van der Waals surface area contributed by atoms with Gasteiger partial charge in [-0.2, -0.15) is 26.3 Å². The van der Waals surface area contributed by atoms with Gasteiger partial charge in [0.2, 0.25) is 11.3 Å². The van der Waals surface area contributed by atoms with Crippen molar-refractivity contribution in [1.29, 1.82) is 0 Å². The summed E-state index contributed by atoms with van der Waals surface area (Å²) in [6.45, 7) is 0.0625. The van der Waals surface area contributed by atoms with E-state index in [0.717, 1.165) is 0 Å². The molecule has 1 saturated carbocycles. The van der Waals surface area contributed by atoms with E-state index in [0.29, 0.717) is 6.92 Å². The first-order valence-electron chi connectivity index (χ1n) is 5.89. The summed E-state index contributed by atoms with van der Waals surface area (Å²) in [5.74, 6) is -18.4. The van der Waals surface area contributed by atoms with Crippen LogP contribution in [-0.4, -0.2) is 46.0 Å². The average Bonchev–Trinajstić information content (AvgIpc) is 2.33. The van der Waals surface area contributed by atoms with Crippen LogP contribution in [0.5, 0.6) is 0 Å². The van der Waals surface area contributed by atoms with Gasteiger partial charge in [-0.15, -0.1) is 0 Å². The number of alkyl halides is 9. The van der Waals surface area contributed by atoms with Crippen molar-refractivity contribution in [2.75, 3.05) is 0 Å². The molecule has 1 aliphatic rings. The Morgan fingerprint density at radius 1 is 0.810 bits per heavy atom. The highest BCUT2D eigenvalue weighted by Crippen LogP contribution is 2.69. The van der Waals surface area contributed by atoms with Crippen LogP contribution in [0, 0.1) is 0 Å². The Bertz CT molecular complexity index is 401. The molecule has 0 aliphatic heterocycles. The zero-order chi connectivity index (χ0) is 17.3. The molecule has 1 rings (SSSR count). The fourth-order valence-electron chi connectivity index (χ4n) is 2.64. The van der Waals surface area contributed by atoms with Gasteiger partial charge in [0.15, 0.2) is 0 Å². The van der Waals surface area contributed by atoms with Crippen molar-refractivity contribution in [3.8, 4) is 0 Å².